The van der Waals surface area contributed by atoms with Crippen LogP contribution >= 0.6 is 0 Å². The van der Waals surface area contributed by atoms with Crippen molar-refractivity contribution >= 4 is 11.9 Å². The smallest absolute Gasteiger partial charge is 0.335 e. The van der Waals surface area contributed by atoms with Crippen LogP contribution in [0.15, 0.2) is 15.8 Å². The molecule has 5 atom stereocenters. The van der Waals surface area contributed by atoms with Crippen molar-refractivity contribution in [1.29, 1.82) is 0 Å². The number of rotatable bonds is 6. The van der Waals surface area contributed by atoms with Crippen LogP contribution in [0.25, 0.3) is 0 Å². The molecular weight excluding hydrogens is 342 g/mol. The summed E-state index contributed by atoms with van der Waals surface area (Å²) in [6, 6.07) is -1.42. The van der Waals surface area contributed by atoms with Gasteiger partial charge in [-0.2, -0.15) is 0 Å². The van der Waals surface area contributed by atoms with Gasteiger partial charge in [-0.3, -0.25) is 19.1 Å². The van der Waals surface area contributed by atoms with E-state index >= 15 is 0 Å². The van der Waals surface area contributed by atoms with Crippen molar-refractivity contribution < 1.29 is 34.4 Å². The highest BCUT2D eigenvalue weighted by Crippen LogP contribution is 2.30. The lowest BCUT2D eigenvalue weighted by Crippen LogP contribution is -2.42. The van der Waals surface area contributed by atoms with Gasteiger partial charge in [-0.15, -0.1) is 0 Å². The predicted molar refractivity (Wildman–Crippen MR) is 79.1 cm³/mol. The maximum absolute atomic E-state index is 12.1. The van der Waals surface area contributed by atoms with Crippen molar-refractivity contribution in [2.45, 2.75) is 30.6 Å². The number of carboxylic acids is 2. The fourth-order valence-electron chi connectivity index (χ4n) is 2.64. The molecule has 5 N–H and O–H groups in total. The normalized spacial score (nSPS) is 27.2. The Labute approximate surface area is 139 Å². The van der Waals surface area contributed by atoms with Crippen molar-refractivity contribution in [2.24, 2.45) is 0 Å². The average Bonchev–Trinajstić information content (AvgIpc) is 2.86. The number of aromatic nitrogens is 2. The first-order chi connectivity index (χ1) is 11.7. The maximum Gasteiger partial charge on any atom is 0.335 e. The first-order valence-corrected chi connectivity index (χ1v) is 7.07. The quantitative estimate of drug-likeness (QED) is 0.357. The van der Waals surface area contributed by atoms with Gasteiger partial charge >= 0.3 is 17.6 Å². The minimum Gasteiger partial charge on any atom is -0.480 e. The summed E-state index contributed by atoms with van der Waals surface area (Å²) >= 11 is 0. The van der Waals surface area contributed by atoms with E-state index in [1.165, 1.54) is 14.2 Å². The molecule has 1 fully saturated rings. The van der Waals surface area contributed by atoms with Crippen LogP contribution < -0.4 is 16.6 Å². The van der Waals surface area contributed by atoms with Crippen LogP contribution in [0.3, 0.4) is 0 Å². The number of methoxy groups -OCH3 is 1. The summed E-state index contributed by atoms with van der Waals surface area (Å²) in [4.78, 5) is 48.3. The number of aliphatic carboxylic acids is 2. The molecule has 2 heterocycles. The number of hydrogen-bond donors (Lipinski definition) is 5. The Hall–Kier alpha value is -2.54. The zero-order valence-electron chi connectivity index (χ0n) is 13.2. The maximum atomic E-state index is 12.1. The first-order valence-electron chi connectivity index (χ1n) is 7.07. The predicted octanol–water partition coefficient (Wildman–Crippen LogP) is -2.76. The number of nitrogens with one attached hydrogen (secondary N) is 2. The van der Waals surface area contributed by atoms with E-state index in [0.29, 0.717) is 0 Å². The second-order valence-electron chi connectivity index (χ2n) is 5.29. The summed E-state index contributed by atoms with van der Waals surface area (Å²) in [7, 11) is 2.49. The molecule has 1 aromatic heterocycles. The van der Waals surface area contributed by atoms with E-state index in [0.717, 1.165) is 10.8 Å². The Bertz CT molecular complexity index is 786. The average molecular weight is 359 g/mol. The van der Waals surface area contributed by atoms with Crippen molar-refractivity contribution in [2.75, 3.05) is 14.2 Å². The van der Waals surface area contributed by atoms with Gasteiger partial charge in [0.05, 0.1) is 5.56 Å². The topological polar surface area (TPSA) is 180 Å². The SMILES string of the molecule is CNC(C(=O)O)c1cn([C@@H]2O[C@H](C(=O)O)[C@@H](O)[C@H]2OC)c(=O)[nH]c1=O. The standard InChI is InChI=1S/C13H17N3O9/c1-14-5(11(19)20)4-3-16(13(23)15-9(4)18)10-7(24-2)6(17)8(25-10)12(21)22/h3,5-8,10,14,17H,1-2H3,(H,19,20)(H,21,22)(H,15,18,23)/t5?,6-,7+,8-,10+/m0/s1. The van der Waals surface area contributed by atoms with Gasteiger partial charge in [-0.05, 0) is 7.05 Å². The molecule has 0 radical (unpaired) electrons. The summed E-state index contributed by atoms with van der Waals surface area (Å²) in [5.74, 6) is -2.83. The molecule has 1 aliphatic rings. The van der Waals surface area contributed by atoms with Crippen LogP contribution in [-0.4, -0.2) is 69.3 Å². The van der Waals surface area contributed by atoms with Crippen LogP contribution in [0.4, 0.5) is 0 Å². The molecule has 0 saturated carbocycles. The number of aliphatic hydroxyl groups is 1. The fraction of sp³-hybridized carbons (Fsp3) is 0.538. The van der Waals surface area contributed by atoms with Crippen LogP contribution in [0.2, 0.25) is 0 Å². The van der Waals surface area contributed by atoms with Gasteiger partial charge in [-0.25, -0.2) is 9.59 Å². The molecule has 0 spiro atoms. The van der Waals surface area contributed by atoms with Crippen molar-refractivity contribution in [3.63, 3.8) is 0 Å². The second-order valence-corrected chi connectivity index (χ2v) is 5.29. The zero-order chi connectivity index (χ0) is 18.9. The molecule has 0 bridgehead atoms. The number of likely N-dealkylation sites (N-methyl/N-ethyl adjacent to an activating group) is 1. The monoisotopic (exact) mass is 359 g/mol. The van der Waals surface area contributed by atoms with Crippen LogP contribution in [-0.2, 0) is 19.1 Å². The van der Waals surface area contributed by atoms with Crippen molar-refractivity contribution in [3.05, 3.63) is 32.6 Å². The Morgan fingerprint density at radius 2 is 2.04 bits per heavy atom. The molecule has 12 heteroatoms. The van der Waals surface area contributed by atoms with Gasteiger partial charge in [0.15, 0.2) is 12.3 Å². The third-order valence-electron chi connectivity index (χ3n) is 3.85. The molecule has 1 unspecified atom stereocenters. The van der Waals surface area contributed by atoms with Gasteiger partial charge in [-0.1, -0.05) is 0 Å². The highest BCUT2D eigenvalue weighted by atomic mass is 16.6. The number of ether oxygens (including phenoxy) is 2. The summed E-state index contributed by atoms with van der Waals surface area (Å²) in [5, 5.41) is 30.6. The molecule has 0 amide bonds. The molecule has 0 aliphatic carbocycles. The molecule has 1 aliphatic heterocycles. The minimum atomic E-state index is -1.66. The molecule has 2 rings (SSSR count). The zero-order valence-corrected chi connectivity index (χ0v) is 13.2. The van der Waals surface area contributed by atoms with Crippen molar-refractivity contribution in [1.82, 2.24) is 14.9 Å². The van der Waals surface area contributed by atoms with Gasteiger partial charge < -0.3 is 30.1 Å². The number of nitrogens with zero attached hydrogens (tertiary/aromatic N) is 1. The Kier molecular flexibility index (Phi) is 5.37. The Morgan fingerprint density at radius 3 is 2.52 bits per heavy atom. The highest BCUT2D eigenvalue weighted by Gasteiger charge is 2.49. The van der Waals surface area contributed by atoms with Gasteiger partial charge in [0, 0.05) is 13.3 Å². The molecule has 12 nitrogen and oxygen atoms in total. The minimum absolute atomic E-state index is 0.304. The second kappa shape index (κ2) is 7.14. The van der Waals surface area contributed by atoms with E-state index in [2.05, 4.69) is 5.32 Å². The lowest BCUT2D eigenvalue weighted by molar-refractivity contribution is -0.155. The largest absolute Gasteiger partial charge is 0.480 e. The molecule has 25 heavy (non-hydrogen) atoms. The van der Waals surface area contributed by atoms with Gasteiger partial charge in [0.2, 0.25) is 0 Å². The molecule has 1 saturated heterocycles. The van der Waals surface area contributed by atoms with E-state index in [1.807, 2.05) is 4.98 Å². The first kappa shape index (κ1) is 18.8. The van der Waals surface area contributed by atoms with E-state index < -0.39 is 53.8 Å². The molecule has 1 aromatic rings. The summed E-state index contributed by atoms with van der Waals surface area (Å²) in [5.41, 5.74) is -2.20. The van der Waals surface area contributed by atoms with Gasteiger partial charge in [0.25, 0.3) is 5.56 Å². The molecular formula is C13H17N3O9. The fourth-order valence-corrected chi connectivity index (χ4v) is 2.64. The number of carbonyl (C=O) groups is 2. The van der Waals surface area contributed by atoms with E-state index in [9.17, 15) is 24.3 Å². The van der Waals surface area contributed by atoms with Crippen molar-refractivity contribution in [3.8, 4) is 0 Å². The third-order valence-corrected chi connectivity index (χ3v) is 3.85. The lowest BCUT2D eigenvalue weighted by atomic mass is 10.1. The van der Waals surface area contributed by atoms with Crippen LogP contribution in [0, 0.1) is 0 Å². The van der Waals surface area contributed by atoms with Gasteiger partial charge in [0.1, 0.15) is 18.2 Å². The summed E-state index contributed by atoms with van der Waals surface area (Å²) < 4.78 is 11.0. The molecule has 138 valence electrons. The van der Waals surface area contributed by atoms with Crippen LogP contribution in [0.5, 0.6) is 0 Å². The number of carboxylic acid groups (broad SMARTS) is 2. The van der Waals surface area contributed by atoms with E-state index in [4.69, 9.17) is 19.7 Å². The number of aliphatic hydroxyl groups excluding tert-OH is 1. The summed E-state index contributed by atoms with van der Waals surface area (Å²) in [6.07, 6.45) is -4.90. The van der Waals surface area contributed by atoms with E-state index in [1.54, 1.807) is 0 Å². The van der Waals surface area contributed by atoms with Crippen LogP contribution in [0.1, 0.15) is 17.8 Å². The van der Waals surface area contributed by atoms with E-state index in [-0.39, 0.29) is 5.56 Å². The number of hydrogen-bond acceptors (Lipinski definition) is 8. The third kappa shape index (κ3) is 3.32. The summed E-state index contributed by atoms with van der Waals surface area (Å²) in [6.45, 7) is 0. The Balaban J connectivity index is 2.55. The molecule has 0 aromatic carbocycles. The number of aromatic amines is 1. The lowest BCUT2D eigenvalue weighted by Gasteiger charge is -2.21. The highest BCUT2D eigenvalue weighted by molar-refractivity contribution is 5.75. The Morgan fingerprint density at radius 1 is 1.40 bits per heavy atom. The number of H-pyrrole nitrogens is 1.